The second kappa shape index (κ2) is 9.58. The molecule has 1 N–H and O–H groups in total. The van der Waals surface area contributed by atoms with E-state index in [1.54, 1.807) is 36.4 Å². The van der Waals surface area contributed by atoms with Crippen LogP contribution in [0.5, 0.6) is 5.75 Å². The lowest BCUT2D eigenvalue weighted by atomic mass is 10.2. The third kappa shape index (κ3) is 5.58. The molecule has 0 unspecified atom stereocenters. The Morgan fingerprint density at radius 2 is 1.90 bits per heavy atom. The maximum absolute atomic E-state index is 13.4. The van der Waals surface area contributed by atoms with E-state index in [1.807, 2.05) is 0 Å². The molecule has 0 atom stereocenters. The van der Waals surface area contributed by atoms with E-state index in [1.165, 1.54) is 18.2 Å². The lowest BCUT2D eigenvalue weighted by molar-refractivity contribution is -0.125. The number of nitrogens with zero attached hydrogens (tertiary/aromatic N) is 1. The number of carbonyl (C=O) groups excluding carboxylic acids is 3. The van der Waals surface area contributed by atoms with Crippen molar-refractivity contribution in [2.24, 2.45) is 0 Å². The highest BCUT2D eigenvalue weighted by atomic mass is 35.5. The average Bonchev–Trinajstić information content (AvgIpc) is 2.96. The Morgan fingerprint density at radius 3 is 2.62 bits per heavy atom. The summed E-state index contributed by atoms with van der Waals surface area (Å²) in [6.07, 6.45) is 1.61. The molecule has 1 aliphatic heterocycles. The van der Waals surface area contributed by atoms with Crippen molar-refractivity contribution in [2.75, 3.05) is 19.7 Å². The van der Waals surface area contributed by atoms with E-state index in [2.05, 4.69) is 5.32 Å². The van der Waals surface area contributed by atoms with Crippen LogP contribution >= 0.6 is 23.4 Å². The highest BCUT2D eigenvalue weighted by Crippen LogP contribution is 2.32. The zero-order valence-corrected chi connectivity index (χ0v) is 16.6. The predicted molar refractivity (Wildman–Crippen MR) is 109 cm³/mol. The Morgan fingerprint density at radius 1 is 1.17 bits per heavy atom. The summed E-state index contributed by atoms with van der Waals surface area (Å²) in [7, 11) is 0. The van der Waals surface area contributed by atoms with E-state index in [9.17, 15) is 18.8 Å². The van der Waals surface area contributed by atoms with Crippen molar-refractivity contribution in [3.63, 3.8) is 0 Å². The average molecular weight is 435 g/mol. The Balaban J connectivity index is 1.48. The molecule has 1 fully saturated rings. The van der Waals surface area contributed by atoms with Crippen molar-refractivity contribution in [1.82, 2.24) is 10.2 Å². The molecule has 0 radical (unpaired) electrons. The Labute approximate surface area is 175 Å². The second-order valence-electron chi connectivity index (χ2n) is 5.95. The topological polar surface area (TPSA) is 75.7 Å². The summed E-state index contributed by atoms with van der Waals surface area (Å²) < 4.78 is 18.5. The van der Waals surface area contributed by atoms with E-state index in [0.29, 0.717) is 9.93 Å². The number of nitrogens with one attached hydrogen (secondary N) is 1. The van der Waals surface area contributed by atoms with E-state index >= 15 is 0 Å². The smallest absolute Gasteiger partial charge is 0.293 e. The fourth-order valence-electron chi connectivity index (χ4n) is 2.47. The van der Waals surface area contributed by atoms with E-state index in [0.717, 1.165) is 22.2 Å². The van der Waals surface area contributed by atoms with Crippen molar-refractivity contribution in [3.8, 4) is 5.75 Å². The highest BCUT2D eigenvalue weighted by molar-refractivity contribution is 8.18. The molecule has 0 aromatic heterocycles. The fourth-order valence-corrected chi connectivity index (χ4v) is 3.46. The van der Waals surface area contributed by atoms with E-state index < -0.39 is 22.9 Å². The normalized spacial score (nSPS) is 15.1. The molecule has 29 heavy (non-hydrogen) atoms. The van der Waals surface area contributed by atoms with Gasteiger partial charge in [-0.1, -0.05) is 35.9 Å². The van der Waals surface area contributed by atoms with Gasteiger partial charge in [0, 0.05) is 18.1 Å². The third-order valence-electron chi connectivity index (χ3n) is 3.89. The predicted octanol–water partition coefficient (Wildman–Crippen LogP) is 3.71. The molecule has 9 heteroatoms. The number of hydrogen-bond acceptors (Lipinski definition) is 5. The van der Waals surface area contributed by atoms with Gasteiger partial charge in [0.2, 0.25) is 0 Å². The summed E-state index contributed by atoms with van der Waals surface area (Å²) in [4.78, 5) is 37.7. The van der Waals surface area contributed by atoms with Crippen molar-refractivity contribution < 1.29 is 23.5 Å². The van der Waals surface area contributed by atoms with E-state index in [-0.39, 0.29) is 25.4 Å². The standard InChI is InChI=1S/C20H16ClFN2O4S/c21-14-7-5-13(6-8-14)11-17-19(26)24(20(27)29-17)10-9-23-18(25)12-28-16-4-2-1-3-15(16)22/h1-8,11H,9-10,12H2,(H,23,25). The molecular weight excluding hydrogens is 419 g/mol. The maximum atomic E-state index is 13.4. The number of halogens is 2. The molecular formula is C20H16ClFN2O4S. The summed E-state index contributed by atoms with van der Waals surface area (Å²) in [5, 5.41) is 2.70. The minimum atomic E-state index is -0.564. The van der Waals surface area contributed by atoms with Gasteiger partial charge in [-0.05, 0) is 47.7 Å². The largest absolute Gasteiger partial charge is 0.481 e. The van der Waals surface area contributed by atoms with Crippen LogP contribution in [-0.2, 0) is 9.59 Å². The van der Waals surface area contributed by atoms with Gasteiger partial charge in [0.15, 0.2) is 18.2 Å². The van der Waals surface area contributed by atoms with Crippen molar-refractivity contribution >= 4 is 46.5 Å². The zero-order valence-electron chi connectivity index (χ0n) is 15.1. The highest BCUT2D eigenvalue weighted by Gasteiger charge is 2.34. The number of para-hydroxylation sites is 1. The molecule has 3 rings (SSSR count). The van der Waals surface area contributed by atoms with Crippen LogP contribution in [0.4, 0.5) is 9.18 Å². The van der Waals surface area contributed by atoms with Gasteiger partial charge in [-0.15, -0.1) is 0 Å². The number of hydrogen-bond donors (Lipinski definition) is 1. The summed E-state index contributed by atoms with van der Waals surface area (Å²) in [5.41, 5.74) is 0.749. The zero-order chi connectivity index (χ0) is 20.8. The molecule has 1 heterocycles. The summed E-state index contributed by atoms with van der Waals surface area (Å²) in [6, 6.07) is 12.6. The Hall–Kier alpha value is -2.84. The third-order valence-corrected chi connectivity index (χ3v) is 5.05. The van der Waals surface area contributed by atoms with Gasteiger partial charge in [0.1, 0.15) is 0 Å². The van der Waals surface area contributed by atoms with E-state index in [4.69, 9.17) is 16.3 Å². The molecule has 0 bridgehead atoms. The molecule has 1 saturated heterocycles. The van der Waals surface area contributed by atoms with Gasteiger partial charge in [-0.3, -0.25) is 19.3 Å². The van der Waals surface area contributed by atoms with Crippen LogP contribution in [0.1, 0.15) is 5.56 Å². The first-order valence-electron chi connectivity index (χ1n) is 8.59. The molecule has 0 saturated carbocycles. The van der Waals surface area contributed by atoms with Gasteiger partial charge >= 0.3 is 0 Å². The summed E-state index contributed by atoms with van der Waals surface area (Å²) >= 11 is 6.67. The first kappa shape index (κ1) is 20.9. The van der Waals surface area contributed by atoms with Crippen LogP contribution in [0, 0.1) is 5.82 Å². The van der Waals surface area contributed by atoms with Crippen LogP contribution in [-0.4, -0.2) is 41.6 Å². The SMILES string of the molecule is O=C(COc1ccccc1F)NCCN1C(=O)SC(=Cc2ccc(Cl)cc2)C1=O. The maximum Gasteiger partial charge on any atom is 0.293 e. The molecule has 150 valence electrons. The summed E-state index contributed by atoms with van der Waals surface area (Å²) in [5.74, 6) is -1.50. The number of benzene rings is 2. The molecule has 6 nitrogen and oxygen atoms in total. The number of amides is 3. The lowest BCUT2D eigenvalue weighted by Gasteiger charge is -2.13. The monoisotopic (exact) mass is 434 g/mol. The first-order chi connectivity index (χ1) is 13.9. The number of rotatable bonds is 7. The van der Waals surface area contributed by atoms with Crippen LogP contribution in [0.2, 0.25) is 5.02 Å². The first-order valence-corrected chi connectivity index (χ1v) is 9.78. The van der Waals surface area contributed by atoms with Gasteiger partial charge in [-0.2, -0.15) is 0 Å². The van der Waals surface area contributed by atoms with Gasteiger partial charge in [0.05, 0.1) is 4.91 Å². The number of thioether (sulfide) groups is 1. The lowest BCUT2D eigenvalue weighted by Crippen LogP contribution is -2.38. The van der Waals surface area contributed by atoms with Crippen LogP contribution in [0.3, 0.4) is 0 Å². The number of ether oxygens (including phenoxy) is 1. The minimum Gasteiger partial charge on any atom is -0.481 e. The van der Waals surface area contributed by atoms with Crippen LogP contribution in [0.15, 0.2) is 53.4 Å². The molecule has 0 aliphatic carbocycles. The summed E-state index contributed by atoms with van der Waals surface area (Å²) in [6.45, 7) is -0.293. The quantitative estimate of drug-likeness (QED) is 0.672. The molecule has 0 spiro atoms. The number of carbonyl (C=O) groups is 3. The van der Waals surface area contributed by atoms with Crippen LogP contribution in [0.25, 0.3) is 6.08 Å². The van der Waals surface area contributed by atoms with Gasteiger partial charge < -0.3 is 10.1 Å². The van der Waals surface area contributed by atoms with Crippen molar-refractivity contribution in [1.29, 1.82) is 0 Å². The molecule has 2 aromatic carbocycles. The molecule has 3 amide bonds. The molecule has 1 aliphatic rings. The van der Waals surface area contributed by atoms with Crippen LogP contribution < -0.4 is 10.1 Å². The Kier molecular flexibility index (Phi) is 6.90. The second-order valence-corrected chi connectivity index (χ2v) is 7.38. The molecule has 2 aromatic rings. The van der Waals surface area contributed by atoms with Gasteiger partial charge in [-0.25, -0.2) is 4.39 Å². The minimum absolute atomic E-state index is 0.0219. The fraction of sp³-hybridized carbons (Fsp3) is 0.150. The van der Waals surface area contributed by atoms with Crippen molar-refractivity contribution in [2.45, 2.75) is 0 Å². The number of imide groups is 1. The van der Waals surface area contributed by atoms with Crippen molar-refractivity contribution in [3.05, 3.63) is 69.8 Å². The van der Waals surface area contributed by atoms with Gasteiger partial charge in [0.25, 0.3) is 17.1 Å². The Bertz CT molecular complexity index is 965.